The quantitative estimate of drug-likeness (QED) is 0.599. The Labute approximate surface area is 167 Å². The number of hydrogen-bond acceptors (Lipinski definition) is 4. The summed E-state index contributed by atoms with van der Waals surface area (Å²) in [4.78, 5) is 25.7. The molecule has 0 aliphatic carbocycles. The lowest BCUT2D eigenvalue weighted by atomic mass is 9.85. The highest BCUT2D eigenvalue weighted by Crippen LogP contribution is 2.45. The molecule has 0 saturated carbocycles. The van der Waals surface area contributed by atoms with E-state index in [0.717, 1.165) is 32.9 Å². The standard InChI is InChI=1S/C22H20N2O3S/c1-12-4-3-5-15(10-12)23-21(27)20-13(2)19-17(11-18(26)24-22(19)28-20)14-6-8-16(25)9-7-14/h3-10,17,25H,11H2,1-2H3,(H,23,27)(H,24,26)/t17-/m0/s1. The molecular weight excluding hydrogens is 372 g/mol. The third-order valence-corrected chi connectivity index (χ3v) is 6.18. The van der Waals surface area contributed by atoms with Gasteiger partial charge in [0.05, 0.1) is 9.88 Å². The van der Waals surface area contributed by atoms with E-state index in [0.29, 0.717) is 11.3 Å². The van der Waals surface area contributed by atoms with Crippen LogP contribution < -0.4 is 10.6 Å². The van der Waals surface area contributed by atoms with Gasteiger partial charge in [0.1, 0.15) is 5.75 Å². The van der Waals surface area contributed by atoms with Crippen LogP contribution in [0.3, 0.4) is 0 Å². The predicted molar refractivity (Wildman–Crippen MR) is 111 cm³/mol. The van der Waals surface area contributed by atoms with Crippen molar-refractivity contribution in [2.75, 3.05) is 10.6 Å². The van der Waals surface area contributed by atoms with Crippen LogP contribution in [0.4, 0.5) is 10.7 Å². The van der Waals surface area contributed by atoms with Crippen molar-refractivity contribution in [1.82, 2.24) is 0 Å². The normalized spacial score (nSPS) is 15.6. The average molecular weight is 392 g/mol. The molecule has 2 amide bonds. The topological polar surface area (TPSA) is 78.4 Å². The molecule has 0 bridgehead atoms. The van der Waals surface area contributed by atoms with Crippen molar-refractivity contribution in [2.24, 2.45) is 0 Å². The summed E-state index contributed by atoms with van der Waals surface area (Å²) in [7, 11) is 0. The van der Waals surface area contributed by atoms with Gasteiger partial charge in [0, 0.05) is 18.0 Å². The molecule has 1 aromatic heterocycles. The molecule has 1 atom stereocenters. The van der Waals surface area contributed by atoms with E-state index in [1.54, 1.807) is 12.1 Å². The van der Waals surface area contributed by atoms with Crippen LogP contribution in [0.2, 0.25) is 0 Å². The number of nitrogens with one attached hydrogen (secondary N) is 2. The lowest BCUT2D eigenvalue weighted by Gasteiger charge is -2.24. The number of carbonyl (C=O) groups excluding carboxylic acids is 2. The van der Waals surface area contributed by atoms with Crippen LogP contribution in [0.5, 0.6) is 5.75 Å². The number of aryl methyl sites for hydroxylation is 1. The maximum Gasteiger partial charge on any atom is 0.266 e. The smallest absolute Gasteiger partial charge is 0.266 e. The minimum atomic E-state index is -0.179. The zero-order chi connectivity index (χ0) is 19.8. The van der Waals surface area contributed by atoms with E-state index in [4.69, 9.17) is 0 Å². The summed E-state index contributed by atoms with van der Waals surface area (Å²) >= 11 is 1.31. The second-order valence-corrected chi connectivity index (χ2v) is 8.04. The number of amides is 2. The Balaban J connectivity index is 1.70. The summed E-state index contributed by atoms with van der Waals surface area (Å²) in [5, 5.41) is 16.1. The predicted octanol–water partition coefficient (Wildman–Crippen LogP) is 4.80. The minimum absolute atomic E-state index is 0.0718. The molecule has 1 aliphatic heterocycles. The number of carbonyl (C=O) groups is 2. The van der Waals surface area contributed by atoms with Gasteiger partial charge in [-0.3, -0.25) is 9.59 Å². The van der Waals surface area contributed by atoms with Gasteiger partial charge >= 0.3 is 0 Å². The van der Waals surface area contributed by atoms with Crippen molar-refractivity contribution in [3.63, 3.8) is 0 Å². The largest absolute Gasteiger partial charge is 0.508 e. The van der Waals surface area contributed by atoms with Crippen LogP contribution in [0.15, 0.2) is 48.5 Å². The number of aromatic hydroxyl groups is 1. The number of benzene rings is 2. The van der Waals surface area contributed by atoms with Crippen LogP contribution in [0.1, 0.15) is 44.3 Å². The van der Waals surface area contributed by atoms with Gasteiger partial charge in [0.25, 0.3) is 5.91 Å². The molecule has 0 fully saturated rings. The molecule has 142 valence electrons. The summed E-state index contributed by atoms with van der Waals surface area (Å²) in [5.41, 5.74) is 4.61. The molecule has 5 nitrogen and oxygen atoms in total. The minimum Gasteiger partial charge on any atom is -0.508 e. The van der Waals surface area contributed by atoms with Gasteiger partial charge in [-0.1, -0.05) is 24.3 Å². The van der Waals surface area contributed by atoms with Crippen LogP contribution in [0.25, 0.3) is 0 Å². The maximum absolute atomic E-state index is 12.9. The molecular formula is C22H20N2O3S. The van der Waals surface area contributed by atoms with Crippen LogP contribution >= 0.6 is 11.3 Å². The fourth-order valence-corrected chi connectivity index (χ4v) is 4.80. The number of rotatable bonds is 3. The number of hydrogen-bond donors (Lipinski definition) is 3. The molecule has 3 N–H and O–H groups in total. The summed E-state index contributed by atoms with van der Waals surface area (Å²) in [6.07, 6.45) is 0.314. The third kappa shape index (κ3) is 3.39. The molecule has 6 heteroatoms. The fraction of sp³-hybridized carbons (Fsp3) is 0.182. The van der Waals surface area contributed by atoms with Gasteiger partial charge in [-0.25, -0.2) is 0 Å². The van der Waals surface area contributed by atoms with Crippen molar-refractivity contribution in [2.45, 2.75) is 26.2 Å². The average Bonchev–Trinajstić information content (AvgIpc) is 2.98. The van der Waals surface area contributed by atoms with E-state index in [1.807, 2.05) is 50.2 Å². The Morgan fingerprint density at radius 2 is 1.93 bits per heavy atom. The van der Waals surface area contributed by atoms with Gasteiger partial charge < -0.3 is 15.7 Å². The second-order valence-electron chi connectivity index (χ2n) is 7.02. The van der Waals surface area contributed by atoms with Gasteiger partial charge in [-0.05, 0) is 60.4 Å². The first-order valence-corrected chi connectivity index (χ1v) is 9.84. The van der Waals surface area contributed by atoms with Crippen LogP contribution in [-0.4, -0.2) is 16.9 Å². The van der Waals surface area contributed by atoms with E-state index in [2.05, 4.69) is 10.6 Å². The van der Waals surface area contributed by atoms with Gasteiger partial charge in [0.2, 0.25) is 5.91 Å². The monoisotopic (exact) mass is 392 g/mol. The van der Waals surface area contributed by atoms with E-state index in [1.165, 1.54) is 11.3 Å². The number of phenolic OH excluding ortho intramolecular Hbond substituents is 1. The molecule has 2 heterocycles. The summed E-state index contributed by atoms with van der Waals surface area (Å²) < 4.78 is 0. The summed E-state index contributed by atoms with van der Waals surface area (Å²) in [5.74, 6) is -0.204. The highest BCUT2D eigenvalue weighted by molar-refractivity contribution is 7.18. The Hall–Kier alpha value is -3.12. The molecule has 0 spiro atoms. The molecule has 4 rings (SSSR count). The zero-order valence-corrected chi connectivity index (χ0v) is 16.4. The highest BCUT2D eigenvalue weighted by Gasteiger charge is 2.32. The second kappa shape index (κ2) is 7.13. The van der Waals surface area contributed by atoms with E-state index < -0.39 is 0 Å². The van der Waals surface area contributed by atoms with Crippen molar-refractivity contribution in [3.05, 3.63) is 75.7 Å². The van der Waals surface area contributed by atoms with Gasteiger partial charge in [-0.15, -0.1) is 11.3 Å². The molecule has 0 saturated heterocycles. The highest BCUT2D eigenvalue weighted by atomic mass is 32.1. The first-order valence-electron chi connectivity index (χ1n) is 9.02. The number of fused-ring (bicyclic) bond motifs is 1. The summed E-state index contributed by atoms with van der Waals surface area (Å²) in [6.45, 7) is 3.90. The van der Waals surface area contributed by atoms with E-state index in [-0.39, 0.29) is 23.5 Å². The summed E-state index contributed by atoms with van der Waals surface area (Å²) in [6, 6.07) is 14.5. The molecule has 28 heavy (non-hydrogen) atoms. The van der Waals surface area contributed by atoms with E-state index >= 15 is 0 Å². The van der Waals surface area contributed by atoms with Crippen LogP contribution in [0, 0.1) is 13.8 Å². The lowest BCUT2D eigenvalue weighted by Crippen LogP contribution is -2.22. The Kier molecular flexibility index (Phi) is 4.65. The molecule has 0 radical (unpaired) electrons. The Morgan fingerprint density at radius 3 is 2.64 bits per heavy atom. The van der Waals surface area contributed by atoms with Gasteiger partial charge in [0.15, 0.2) is 0 Å². The SMILES string of the molecule is Cc1cccc(NC(=O)c2sc3c(c2C)[C@H](c2ccc(O)cc2)CC(=O)N3)c1. The lowest BCUT2D eigenvalue weighted by molar-refractivity contribution is -0.116. The Morgan fingerprint density at radius 1 is 1.18 bits per heavy atom. The molecule has 3 aromatic rings. The zero-order valence-electron chi connectivity index (χ0n) is 15.6. The van der Waals surface area contributed by atoms with Crippen molar-refractivity contribution >= 4 is 33.8 Å². The van der Waals surface area contributed by atoms with Crippen molar-refractivity contribution in [1.29, 1.82) is 0 Å². The molecule has 1 aliphatic rings. The first-order chi connectivity index (χ1) is 13.4. The fourth-order valence-electron chi connectivity index (χ4n) is 3.62. The van der Waals surface area contributed by atoms with Crippen LogP contribution in [-0.2, 0) is 4.79 Å². The Bertz CT molecular complexity index is 1070. The van der Waals surface area contributed by atoms with Gasteiger partial charge in [-0.2, -0.15) is 0 Å². The van der Waals surface area contributed by atoms with E-state index in [9.17, 15) is 14.7 Å². The van der Waals surface area contributed by atoms with Crippen molar-refractivity contribution in [3.8, 4) is 5.75 Å². The molecule has 2 aromatic carbocycles. The maximum atomic E-state index is 12.9. The number of phenols is 1. The third-order valence-electron chi connectivity index (χ3n) is 4.96. The first kappa shape index (κ1) is 18.3. The number of thiophene rings is 1. The number of anilines is 2. The molecule has 0 unspecified atom stereocenters. The van der Waals surface area contributed by atoms with Crippen molar-refractivity contribution < 1.29 is 14.7 Å².